The molecule has 0 aliphatic rings. The molecule has 0 unspecified atom stereocenters. The Morgan fingerprint density at radius 3 is 2.47 bits per heavy atom. The highest BCUT2D eigenvalue weighted by Crippen LogP contribution is 2.23. The van der Waals surface area contributed by atoms with Crippen molar-refractivity contribution >= 4 is 0 Å². The molecule has 0 saturated heterocycles. The average Bonchev–Trinajstić information content (AvgIpc) is 2.38. The molecule has 0 heterocycles. The van der Waals surface area contributed by atoms with E-state index in [2.05, 4.69) is 0 Å². The number of halogens is 1. The van der Waals surface area contributed by atoms with Crippen molar-refractivity contribution in [1.29, 1.82) is 0 Å². The Balaban J connectivity index is 2.14. The van der Waals surface area contributed by atoms with Crippen molar-refractivity contribution in [3.63, 3.8) is 0 Å². The van der Waals surface area contributed by atoms with E-state index < -0.39 is 5.82 Å². The maximum atomic E-state index is 13.5. The van der Waals surface area contributed by atoms with Crippen molar-refractivity contribution in [1.82, 2.24) is 0 Å². The standard InChI is InChI=1S/C14H13FO2/c15-13-8-4-7-12(9-16)14(13)17-10-11-5-2-1-3-6-11/h1-8,16H,9-10H2. The molecule has 0 aliphatic heterocycles. The van der Waals surface area contributed by atoms with Crippen LogP contribution in [0.4, 0.5) is 4.39 Å². The lowest BCUT2D eigenvalue weighted by Crippen LogP contribution is -2.00. The number of para-hydroxylation sites is 1. The largest absolute Gasteiger partial charge is 0.485 e. The molecule has 2 nitrogen and oxygen atoms in total. The molecule has 88 valence electrons. The van der Waals surface area contributed by atoms with E-state index in [0.29, 0.717) is 5.56 Å². The first-order chi connectivity index (χ1) is 8.31. The van der Waals surface area contributed by atoms with Gasteiger partial charge in [0.1, 0.15) is 6.61 Å². The summed E-state index contributed by atoms with van der Waals surface area (Å²) in [4.78, 5) is 0. The molecule has 17 heavy (non-hydrogen) atoms. The third-order valence-electron chi connectivity index (χ3n) is 2.44. The van der Waals surface area contributed by atoms with Gasteiger partial charge in [0, 0.05) is 5.56 Å². The summed E-state index contributed by atoms with van der Waals surface area (Å²) in [6, 6.07) is 14.0. The summed E-state index contributed by atoms with van der Waals surface area (Å²) in [6.45, 7) is 0.0522. The molecular weight excluding hydrogens is 219 g/mol. The molecule has 2 aromatic rings. The topological polar surface area (TPSA) is 29.5 Å². The summed E-state index contributed by atoms with van der Waals surface area (Å²) in [5.41, 5.74) is 1.42. The van der Waals surface area contributed by atoms with E-state index in [0.717, 1.165) is 5.56 Å². The number of ether oxygens (including phenoxy) is 1. The van der Waals surface area contributed by atoms with Crippen LogP contribution in [0.15, 0.2) is 48.5 Å². The zero-order valence-electron chi connectivity index (χ0n) is 9.27. The van der Waals surface area contributed by atoms with Gasteiger partial charge in [-0.05, 0) is 11.6 Å². The summed E-state index contributed by atoms with van der Waals surface area (Å²) in [5.74, 6) is -0.327. The fraction of sp³-hybridized carbons (Fsp3) is 0.143. The highest BCUT2D eigenvalue weighted by atomic mass is 19.1. The number of hydrogen-bond donors (Lipinski definition) is 1. The third-order valence-corrected chi connectivity index (χ3v) is 2.44. The summed E-state index contributed by atoms with van der Waals surface area (Å²) < 4.78 is 18.9. The molecule has 0 spiro atoms. The first-order valence-corrected chi connectivity index (χ1v) is 5.36. The Bertz CT molecular complexity index is 483. The molecule has 2 rings (SSSR count). The van der Waals surface area contributed by atoms with Crippen molar-refractivity contribution in [2.24, 2.45) is 0 Å². The number of aliphatic hydroxyl groups excluding tert-OH is 1. The van der Waals surface area contributed by atoms with Crippen LogP contribution in [-0.2, 0) is 13.2 Å². The lowest BCUT2D eigenvalue weighted by atomic mass is 10.2. The lowest BCUT2D eigenvalue weighted by molar-refractivity contribution is 0.251. The van der Waals surface area contributed by atoms with Crippen LogP contribution in [0.25, 0.3) is 0 Å². The molecule has 0 aliphatic carbocycles. The maximum absolute atomic E-state index is 13.5. The van der Waals surface area contributed by atoms with Crippen molar-refractivity contribution in [3.05, 3.63) is 65.5 Å². The molecule has 0 saturated carbocycles. The molecular formula is C14H13FO2. The van der Waals surface area contributed by atoms with Gasteiger partial charge in [0.25, 0.3) is 0 Å². The van der Waals surface area contributed by atoms with Crippen LogP contribution in [0.5, 0.6) is 5.75 Å². The van der Waals surface area contributed by atoms with Gasteiger partial charge < -0.3 is 9.84 Å². The molecule has 3 heteroatoms. The van der Waals surface area contributed by atoms with Crippen LogP contribution < -0.4 is 4.74 Å². The Labute approximate surface area is 99.3 Å². The summed E-state index contributed by atoms with van der Waals surface area (Å²) in [7, 11) is 0. The summed E-state index contributed by atoms with van der Waals surface area (Å²) >= 11 is 0. The fourth-order valence-corrected chi connectivity index (χ4v) is 1.57. The quantitative estimate of drug-likeness (QED) is 0.878. The molecule has 0 aromatic heterocycles. The highest BCUT2D eigenvalue weighted by Gasteiger charge is 2.08. The molecule has 0 radical (unpaired) electrons. The van der Waals surface area contributed by atoms with E-state index in [4.69, 9.17) is 9.84 Å². The zero-order chi connectivity index (χ0) is 12.1. The minimum Gasteiger partial charge on any atom is -0.485 e. The zero-order valence-corrected chi connectivity index (χ0v) is 9.27. The minimum atomic E-state index is -0.451. The Morgan fingerprint density at radius 1 is 1.00 bits per heavy atom. The van der Waals surface area contributed by atoms with Gasteiger partial charge in [0.2, 0.25) is 0 Å². The number of aliphatic hydroxyl groups is 1. The number of hydrogen-bond acceptors (Lipinski definition) is 2. The van der Waals surface area contributed by atoms with Gasteiger partial charge in [-0.2, -0.15) is 0 Å². The second kappa shape index (κ2) is 5.46. The van der Waals surface area contributed by atoms with Crippen LogP contribution in [0, 0.1) is 5.82 Å². The number of rotatable bonds is 4. The van der Waals surface area contributed by atoms with Gasteiger partial charge in [-0.1, -0.05) is 42.5 Å². The van der Waals surface area contributed by atoms with Crippen molar-refractivity contribution in [3.8, 4) is 5.75 Å². The monoisotopic (exact) mass is 232 g/mol. The SMILES string of the molecule is OCc1cccc(F)c1OCc1ccccc1. The third kappa shape index (κ3) is 2.82. The summed E-state index contributed by atoms with van der Waals surface area (Å²) in [5, 5.41) is 9.09. The fourth-order valence-electron chi connectivity index (χ4n) is 1.57. The van der Waals surface area contributed by atoms with Crippen LogP contribution in [0.3, 0.4) is 0 Å². The maximum Gasteiger partial charge on any atom is 0.165 e. The predicted molar refractivity (Wildman–Crippen MR) is 63.1 cm³/mol. The van der Waals surface area contributed by atoms with Crippen molar-refractivity contribution in [2.45, 2.75) is 13.2 Å². The van der Waals surface area contributed by atoms with Crippen LogP contribution >= 0.6 is 0 Å². The number of benzene rings is 2. The molecule has 1 N–H and O–H groups in total. The Morgan fingerprint density at radius 2 is 1.76 bits per heavy atom. The van der Waals surface area contributed by atoms with Crippen LogP contribution in [-0.4, -0.2) is 5.11 Å². The van der Waals surface area contributed by atoms with E-state index in [1.54, 1.807) is 12.1 Å². The van der Waals surface area contributed by atoms with Crippen molar-refractivity contribution in [2.75, 3.05) is 0 Å². The van der Waals surface area contributed by atoms with E-state index >= 15 is 0 Å². The van der Waals surface area contributed by atoms with Gasteiger partial charge >= 0.3 is 0 Å². The van der Waals surface area contributed by atoms with Gasteiger partial charge in [0.05, 0.1) is 6.61 Å². The molecule has 0 bridgehead atoms. The van der Waals surface area contributed by atoms with Gasteiger partial charge in [-0.15, -0.1) is 0 Å². The van der Waals surface area contributed by atoms with E-state index in [1.807, 2.05) is 30.3 Å². The predicted octanol–water partition coefficient (Wildman–Crippen LogP) is 2.90. The summed E-state index contributed by atoms with van der Waals surface area (Å²) in [6.07, 6.45) is 0. The van der Waals surface area contributed by atoms with Crippen LogP contribution in [0.1, 0.15) is 11.1 Å². The average molecular weight is 232 g/mol. The highest BCUT2D eigenvalue weighted by molar-refractivity contribution is 5.34. The molecule has 0 amide bonds. The van der Waals surface area contributed by atoms with E-state index in [9.17, 15) is 4.39 Å². The van der Waals surface area contributed by atoms with Gasteiger partial charge in [0.15, 0.2) is 11.6 Å². The lowest BCUT2D eigenvalue weighted by Gasteiger charge is -2.10. The normalized spacial score (nSPS) is 10.2. The minimum absolute atomic E-state index is 0.124. The smallest absolute Gasteiger partial charge is 0.165 e. The molecule has 2 aromatic carbocycles. The van der Waals surface area contributed by atoms with Gasteiger partial charge in [-0.3, -0.25) is 0 Å². The molecule has 0 fully saturated rings. The second-order valence-corrected chi connectivity index (χ2v) is 3.66. The van der Waals surface area contributed by atoms with E-state index in [1.165, 1.54) is 6.07 Å². The van der Waals surface area contributed by atoms with Crippen molar-refractivity contribution < 1.29 is 14.2 Å². The Hall–Kier alpha value is -1.87. The molecule has 0 atom stereocenters. The van der Waals surface area contributed by atoms with E-state index in [-0.39, 0.29) is 19.0 Å². The van der Waals surface area contributed by atoms with Gasteiger partial charge in [-0.25, -0.2) is 4.39 Å². The Kier molecular flexibility index (Phi) is 3.73. The first kappa shape index (κ1) is 11.6. The van der Waals surface area contributed by atoms with Crippen LogP contribution in [0.2, 0.25) is 0 Å². The first-order valence-electron chi connectivity index (χ1n) is 5.36. The second-order valence-electron chi connectivity index (χ2n) is 3.66.